The van der Waals surface area contributed by atoms with Gasteiger partial charge < -0.3 is 15.2 Å². The molecule has 10 nitrogen and oxygen atoms in total. The summed E-state index contributed by atoms with van der Waals surface area (Å²) >= 11 is 0. The molecule has 150 valence electrons. The van der Waals surface area contributed by atoms with Crippen molar-refractivity contribution in [3.63, 3.8) is 0 Å². The van der Waals surface area contributed by atoms with Crippen LogP contribution in [0.25, 0.3) is 0 Å². The van der Waals surface area contributed by atoms with E-state index in [0.29, 0.717) is 18.7 Å². The van der Waals surface area contributed by atoms with Crippen molar-refractivity contribution in [1.29, 1.82) is 0 Å². The maximum atomic E-state index is 12.1. The molecule has 0 radical (unpaired) electrons. The topological polar surface area (TPSA) is 134 Å². The maximum absolute atomic E-state index is 12.1. The van der Waals surface area contributed by atoms with Crippen LogP contribution in [0.5, 0.6) is 0 Å². The van der Waals surface area contributed by atoms with Crippen LogP contribution in [0.15, 0.2) is 15.8 Å². The number of aromatic amines is 1. The van der Waals surface area contributed by atoms with Crippen LogP contribution < -0.4 is 16.6 Å². The number of carboxylic acids is 1. The summed E-state index contributed by atoms with van der Waals surface area (Å²) in [6.45, 7) is 7.67. The molecule has 1 aromatic rings. The van der Waals surface area contributed by atoms with Crippen LogP contribution in [0, 0.1) is 6.92 Å². The summed E-state index contributed by atoms with van der Waals surface area (Å²) in [6.07, 6.45) is 1.11. The number of aromatic nitrogens is 2. The lowest BCUT2D eigenvalue weighted by Crippen LogP contribution is -2.42. The van der Waals surface area contributed by atoms with Crippen molar-refractivity contribution >= 4 is 12.1 Å². The van der Waals surface area contributed by atoms with Crippen LogP contribution in [0.2, 0.25) is 0 Å². The summed E-state index contributed by atoms with van der Waals surface area (Å²) in [5.41, 5.74) is -1.25. The Bertz CT molecular complexity index is 822. The lowest BCUT2D eigenvalue weighted by Gasteiger charge is -2.23. The van der Waals surface area contributed by atoms with Gasteiger partial charge in [-0.1, -0.05) is 0 Å². The molecule has 1 aliphatic rings. The second kappa shape index (κ2) is 7.95. The van der Waals surface area contributed by atoms with Crippen LogP contribution in [0.3, 0.4) is 0 Å². The molecule has 1 aliphatic heterocycles. The van der Waals surface area contributed by atoms with Gasteiger partial charge in [0.1, 0.15) is 11.6 Å². The smallest absolute Gasteiger partial charge is 0.407 e. The van der Waals surface area contributed by atoms with E-state index >= 15 is 0 Å². The van der Waals surface area contributed by atoms with Crippen LogP contribution in [0.1, 0.15) is 38.8 Å². The SMILES string of the molecule is Cc1cn(C2CC(C(=O)O)N(CCNC(=O)OC(C)(C)C)C2)c(=O)[nH]c1=O. The highest BCUT2D eigenvalue weighted by Crippen LogP contribution is 2.26. The van der Waals surface area contributed by atoms with E-state index < -0.39 is 35.0 Å². The Morgan fingerprint density at radius 2 is 2.04 bits per heavy atom. The van der Waals surface area contributed by atoms with Crippen molar-refractivity contribution in [1.82, 2.24) is 19.8 Å². The van der Waals surface area contributed by atoms with Gasteiger partial charge in [0.25, 0.3) is 5.56 Å². The number of hydrogen-bond donors (Lipinski definition) is 3. The zero-order valence-corrected chi connectivity index (χ0v) is 15.9. The lowest BCUT2D eigenvalue weighted by molar-refractivity contribution is -0.142. The third-order valence-electron chi connectivity index (χ3n) is 4.27. The molecule has 3 N–H and O–H groups in total. The molecule has 2 heterocycles. The molecule has 1 aromatic heterocycles. The molecule has 0 aliphatic carbocycles. The van der Waals surface area contributed by atoms with Gasteiger partial charge in [0.05, 0.1) is 6.04 Å². The number of carbonyl (C=O) groups excluding carboxylic acids is 1. The van der Waals surface area contributed by atoms with E-state index in [1.807, 2.05) is 0 Å². The molecular formula is C17H26N4O6. The molecule has 0 aromatic carbocycles. The van der Waals surface area contributed by atoms with Gasteiger partial charge in [-0.15, -0.1) is 0 Å². The molecule has 27 heavy (non-hydrogen) atoms. The Kier molecular flexibility index (Phi) is 6.09. The first-order valence-electron chi connectivity index (χ1n) is 8.73. The highest BCUT2D eigenvalue weighted by atomic mass is 16.6. The minimum atomic E-state index is -0.996. The Hall–Kier alpha value is -2.62. The van der Waals surface area contributed by atoms with Gasteiger partial charge in [0, 0.05) is 31.4 Å². The molecule has 0 bridgehead atoms. The Balaban J connectivity index is 2.04. The first-order chi connectivity index (χ1) is 12.5. The zero-order valence-electron chi connectivity index (χ0n) is 15.9. The molecule has 2 rings (SSSR count). The predicted octanol–water partition coefficient (Wildman–Crippen LogP) is 0.0697. The summed E-state index contributed by atoms with van der Waals surface area (Å²) < 4.78 is 6.51. The number of hydrogen-bond acceptors (Lipinski definition) is 6. The average Bonchev–Trinajstić information content (AvgIpc) is 2.93. The molecule has 0 saturated carbocycles. The predicted molar refractivity (Wildman–Crippen MR) is 96.9 cm³/mol. The summed E-state index contributed by atoms with van der Waals surface area (Å²) in [5.74, 6) is -0.996. The van der Waals surface area contributed by atoms with Crippen LogP contribution in [-0.2, 0) is 9.53 Å². The van der Waals surface area contributed by atoms with E-state index in [-0.39, 0.29) is 19.0 Å². The molecule has 0 spiro atoms. The van der Waals surface area contributed by atoms with Gasteiger partial charge in [-0.25, -0.2) is 9.59 Å². The Labute approximate surface area is 156 Å². The number of nitrogens with zero attached hydrogens (tertiary/aromatic N) is 2. The van der Waals surface area contributed by atoms with E-state index in [4.69, 9.17) is 4.74 Å². The minimum Gasteiger partial charge on any atom is -0.480 e. The summed E-state index contributed by atoms with van der Waals surface area (Å²) in [6, 6.07) is -1.16. The van der Waals surface area contributed by atoms with Gasteiger partial charge in [-0.3, -0.25) is 24.0 Å². The molecule has 2 unspecified atom stereocenters. The number of rotatable bonds is 5. The normalized spacial score (nSPS) is 20.4. The number of carbonyl (C=O) groups is 2. The first-order valence-corrected chi connectivity index (χ1v) is 8.73. The number of carboxylic acid groups (broad SMARTS) is 1. The fourth-order valence-electron chi connectivity index (χ4n) is 3.06. The molecule has 1 fully saturated rings. The number of aryl methyl sites for hydroxylation is 1. The molecular weight excluding hydrogens is 356 g/mol. The molecule has 1 saturated heterocycles. The second-order valence-corrected chi connectivity index (χ2v) is 7.65. The summed E-state index contributed by atoms with van der Waals surface area (Å²) in [5, 5.41) is 12.1. The van der Waals surface area contributed by atoms with Crippen molar-refractivity contribution in [3.8, 4) is 0 Å². The number of aliphatic carboxylic acids is 1. The van der Waals surface area contributed by atoms with E-state index in [9.17, 15) is 24.3 Å². The third-order valence-corrected chi connectivity index (χ3v) is 4.27. The summed E-state index contributed by atoms with van der Waals surface area (Å²) in [7, 11) is 0. The standard InChI is InChI=1S/C17H26N4O6/c1-10-8-21(15(25)19-13(10)22)11-7-12(14(23)24)20(9-11)6-5-18-16(26)27-17(2,3)4/h8,11-12H,5-7,9H2,1-4H3,(H,18,26)(H,23,24)(H,19,22,25). The summed E-state index contributed by atoms with van der Waals surface area (Å²) in [4.78, 5) is 50.8. The molecule has 2 atom stereocenters. The van der Waals surface area contributed by atoms with Crippen molar-refractivity contribution < 1.29 is 19.4 Å². The largest absolute Gasteiger partial charge is 0.480 e. The quantitative estimate of drug-likeness (QED) is 0.656. The molecule has 1 amide bonds. The van der Waals surface area contributed by atoms with Crippen LogP contribution >= 0.6 is 0 Å². The third kappa shape index (κ3) is 5.43. The van der Waals surface area contributed by atoms with E-state index in [1.54, 1.807) is 32.6 Å². The highest BCUT2D eigenvalue weighted by Gasteiger charge is 2.37. The Morgan fingerprint density at radius 1 is 1.37 bits per heavy atom. The first kappa shape index (κ1) is 20.7. The number of ether oxygens (including phenoxy) is 1. The number of likely N-dealkylation sites (tertiary alicyclic amines) is 1. The van der Waals surface area contributed by atoms with Gasteiger partial charge in [0.2, 0.25) is 0 Å². The van der Waals surface area contributed by atoms with Gasteiger partial charge >= 0.3 is 17.8 Å². The highest BCUT2D eigenvalue weighted by molar-refractivity contribution is 5.74. The van der Waals surface area contributed by atoms with E-state index in [2.05, 4.69) is 10.3 Å². The minimum absolute atomic E-state index is 0.213. The van der Waals surface area contributed by atoms with Crippen molar-refractivity contribution in [3.05, 3.63) is 32.6 Å². The zero-order chi connectivity index (χ0) is 20.4. The van der Waals surface area contributed by atoms with Crippen LogP contribution in [-0.4, -0.2) is 62.9 Å². The number of H-pyrrole nitrogens is 1. The van der Waals surface area contributed by atoms with E-state index in [0.717, 1.165) is 0 Å². The van der Waals surface area contributed by atoms with Gasteiger partial charge in [-0.2, -0.15) is 0 Å². The van der Waals surface area contributed by atoms with Crippen molar-refractivity contribution in [2.45, 2.75) is 51.8 Å². The van der Waals surface area contributed by atoms with Crippen LogP contribution in [0.4, 0.5) is 4.79 Å². The van der Waals surface area contributed by atoms with Crippen molar-refractivity contribution in [2.75, 3.05) is 19.6 Å². The van der Waals surface area contributed by atoms with Gasteiger partial charge in [-0.05, 0) is 34.1 Å². The number of alkyl carbamates (subject to hydrolysis) is 1. The monoisotopic (exact) mass is 382 g/mol. The molecule has 10 heteroatoms. The maximum Gasteiger partial charge on any atom is 0.407 e. The van der Waals surface area contributed by atoms with E-state index in [1.165, 1.54) is 10.8 Å². The van der Waals surface area contributed by atoms with Gasteiger partial charge in [0.15, 0.2) is 0 Å². The second-order valence-electron chi connectivity index (χ2n) is 7.65. The lowest BCUT2D eigenvalue weighted by atomic mass is 10.1. The Morgan fingerprint density at radius 3 is 2.63 bits per heavy atom. The number of nitrogens with one attached hydrogen (secondary N) is 2. The fraction of sp³-hybridized carbons (Fsp3) is 0.647. The average molecular weight is 382 g/mol. The fourth-order valence-corrected chi connectivity index (χ4v) is 3.06. The van der Waals surface area contributed by atoms with Crippen molar-refractivity contribution in [2.24, 2.45) is 0 Å². The number of amides is 1.